The zero-order valence-corrected chi connectivity index (χ0v) is 11.1. The molecule has 96 valence electrons. The molecule has 0 radical (unpaired) electrons. The normalized spacial score (nSPS) is 16.6. The molecule has 0 amide bonds. The molecule has 0 saturated carbocycles. The molecule has 0 rings (SSSR count). The van der Waals surface area contributed by atoms with Gasteiger partial charge in [0.2, 0.25) is 0 Å². The Morgan fingerprint density at radius 1 is 1.25 bits per heavy atom. The second-order valence-corrected chi connectivity index (χ2v) is 4.29. The minimum Gasteiger partial charge on any atom is -0.464 e. The Morgan fingerprint density at radius 3 is 2.25 bits per heavy atom. The standard InChI is InChI=1S/C13H26O3/c1-5-9-11(7-3)13(15,10-6-2)12(14)16-8-4/h11,15H,5-10H2,1-4H3. The van der Waals surface area contributed by atoms with Crippen LogP contribution in [-0.4, -0.2) is 23.3 Å². The summed E-state index contributed by atoms with van der Waals surface area (Å²) < 4.78 is 5.00. The van der Waals surface area contributed by atoms with Gasteiger partial charge in [0.05, 0.1) is 6.61 Å². The van der Waals surface area contributed by atoms with Crippen LogP contribution in [0.3, 0.4) is 0 Å². The van der Waals surface area contributed by atoms with Crippen molar-refractivity contribution < 1.29 is 14.6 Å². The zero-order chi connectivity index (χ0) is 12.6. The van der Waals surface area contributed by atoms with Crippen molar-refractivity contribution in [2.45, 2.75) is 65.4 Å². The van der Waals surface area contributed by atoms with Crippen molar-refractivity contribution >= 4 is 5.97 Å². The summed E-state index contributed by atoms with van der Waals surface area (Å²) in [7, 11) is 0. The highest BCUT2D eigenvalue weighted by Gasteiger charge is 2.42. The van der Waals surface area contributed by atoms with Gasteiger partial charge >= 0.3 is 5.97 Å². The van der Waals surface area contributed by atoms with Gasteiger partial charge in [-0.15, -0.1) is 0 Å². The van der Waals surface area contributed by atoms with E-state index < -0.39 is 11.6 Å². The highest BCUT2D eigenvalue weighted by atomic mass is 16.5. The molecule has 16 heavy (non-hydrogen) atoms. The van der Waals surface area contributed by atoms with Crippen LogP contribution in [0.2, 0.25) is 0 Å². The zero-order valence-electron chi connectivity index (χ0n) is 11.1. The number of carbonyl (C=O) groups excluding carboxylic acids is 1. The van der Waals surface area contributed by atoms with Gasteiger partial charge in [0, 0.05) is 0 Å². The Bertz CT molecular complexity index is 203. The van der Waals surface area contributed by atoms with Crippen LogP contribution in [0.5, 0.6) is 0 Å². The minimum atomic E-state index is -1.28. The van der Waals surface area contributed by atoms with Crippen LogP contribution in [0.1, 0.15) is 59.8 Å². The molecule has 0 heterocycles. The summed E-state index contributed by atoms with van der Waals surface area (Å²) in [6.07, 6.45) is 3.93. The third kappa shape index (κ3) is 3.78. The van der Waals surface area contributed by atoms with Gasteiger partial charge in [-0.2, -0.15) is 0 Å². The number of esters is 1. The van der Waals surface area contributed by atoms with Gasteiger partial charge < -0.3 is 9.84 Å². The molecule has 3 heteroatoms. The third-order valence-electron chi connectivity index (χ3n) is 3.07. The van der Waals surface area contributed by atoms with Crippen LogP contribution in [-0.2, 0) is 9.53 Å². The molecule has 0 fully saturated rings. The predicted octanol–water partition coefficient (Wildman–Crippen LogP) is 2.91. The van der Waals surface area contributed by atoms with Crippen LogP contribution in [0.4, 0.5) is 0 Å². The molecule has 3 nitrogen and oxygen atoms in total. The molecule has 2 atom stereocenters. The first-order valence-electron chi connectivity index (χ1n) is 6.46. The Labute approximate surface area is 99.2 Å². The van der Waals surface area contributed by atoms with Crippen molar-refractivity contribution in [3.05, 3.63) is 0 Å². The molecular weight excluding hydrogens is 204 g/mol. The second-order valence-electron chi connectivity index (χ2n) is 4.29. The van der Waals surface area contributed by atoms with Crippen LogP contribution >= 0.6 is 0 Å². The lowest BCUT2D eigenvalue weighted by Crippen LogP contribution is -2.47. The van der Waals surface area contributed by atoms with Crippen molar-refractivity contribution in [1.29, 1.82) is 0 Å². The molecule has 0 aliphatic rings. The fourth-order valence-corrected chi connectivity index (χ4v) is 2.24. The van der Waals surface area contributed by atoms with Gasteiger partial charge in [0.15, 0.2) is 5.60 Å². The van der Waals surface area contributed by atoms with Crippen LogP contribution < -0.4 is 0 Å². The second kappa shape index (κ2) is 7.66. The van der Waals surface area contributed by atoms with Crippen molar-refractivity contribution in [1.82, 2.24) is 0 Å². The molecule has 1 N–H and O–H groups in total. The summed E-state index contributed by atoms with van der Waals surface area (Å²) in [6, 6.07) is 0. The maximum absolute atomic E-state index is 11.9. The highest BCUT2D eigenvalue weighted by Crippen LogP contribution is 2.31. The number of ether oxygens (including phenoxy) is 1. The number of aliphatic hydroxyl groups is 1. The van der Waals surface area contributed by atoms with E-state index in [4.69, 9.17) is 4.74 Å². The minimum absolute atomic E-state index is 0.0106. The van der Waals surface area contributed by atoms with Gasteiger partial charge in [0.25, 0.3) is 0 Å². The molecule has 0 bridgehead atoms. The molecule has 0 aliphatic heterocycles. The van der Waals surface area contributed by atoms with Crippen molar-refractivity contribution in [2.24, 2.45) is 5.92 Å². The Morgan fingerprint density at radius 2 is 1.88 bits per heavy atom. The summed E-state index contributed by atoms with van der Waals surface area (Å²) in [6.45, 7) is 8.15. The average Bonchev–Trinajstić information content (AvgIpc) is 2.26. The number of rotatable bonds is 8. The van der Waals surface area contributed by atoms with Gasteiger partial charge in [0.1, 0.15) is 0 Å². The van der Waals surface area contributed by atoms with Gasteiger partial charge in [-0.1, -0.05) is 33.6 Å². The van der Waals surface area contributed by atoms with Gasteiger partial charge in [-0.25, -0.2) is 4.79 Å². The lowest BCUT2D eigenvalue weighted by Gasteiger charge is -2.33. The van der Waals surface area contributed by atoms with Crippen molar-refractivity contribution in [2.75, 3.05) is 6.61 Å². The maximum atomic E-state index is 11.9. The Hall–Kier alpha value is -0.570. The lowest BCUT2D eigenvalue weighted by atomic mass is 9.79. The summed E-state index contributed by atoms with van der Waals surface area (Å²) in [5, 5.41) is 10.5. The van der Waals surface area contributed by atoms with E-state index in [2.05, 4.69) is 6.92 Å². The maximum Gasteiger partial charge on any atom is 0.338 e. The van der Waals surface area contributed by atoms with E-state index in [1.165, 1.54) is 0 Å². The van der Waals surface area contributed by atoms with Gasteiger partial charge in [-0.3, -0.25) is 0 Å². The van der Waals surface area contributed by atoms with Crippen LogP contribution in [0.15, 0.2) is 0 Å². The first kappa shape index (κ1) is 15.4. The molecule has 0 spiro atoms. The van der Waals surface area contributed by atoms with Crippen molar-refractivity contribution in [3.8, 4) is 0 Å². The topological polar surface area (TPSA) is 46.5 Å². The third-order valence-corrected chi connectivity index (χ3v) is 3.07. The van der Waals surface area contributed by atoms with Crippen molar-refractivity contribution in [3.63, 3.8) is 0 Å². The molecule has 0 aromatic carbocycles. The molecule has 0 aliphatic carbocycles. The highest BCUT2D eigenvalue weighted by molar-refractivity contribution is 5.79. The smallest absolute Gasteiger partial charge is 0.338 e. The first-order valence-corrected chi connectivity index (χ1v) is 6.46. The van der Waals surface area contributed by atoms with Crippen LogP contribution in [0.25, 0.3) is 0 Å². The van der Waals surface area contributed by atoms with E-state index >= 15 is 0 Å². The predicted molar refractivity (Wildman–Crippen MR) is 65.2 cm³/mol. The molecule has 0 aromatic heterocycles. The fourth-order valence-electron chi connectivity index (χ4n) is 2.24. The van der Waals surface area contributed by atoms with E-state index in [9.17, 15) is 9.90 Å². The molecule has 2 unspecified atom stereocenters. The monoisotopic (exact) mass is 230 g/mol. The molecule has 0 aromatic rings. The Balaban J connectivity index is 4.81. The van der Waals surface area contributed by atoms with E-state index in [0.717, 1.165) is 25.7 Å². The summed E-state index contributed by atoms with van der Waals surface area (Å²) in [5.74, 6) is -0.436. The van der Waals surface area contributed by atoms with Crippen LogP contribution in [0, 0.1) is 5.92 Å². The average molecular weight is 230 g/mol. The molecule has 0 saturated heterocycles. The number of hydrogen-bond acceptors (Lipinski definition) is 3. The molecular formula is C13H26O3. The fraction of sp³-hybridized carbons (Fsp3) is 0.923. The SMILES string of the molecule is CCCC(CC)C(O)(CCC)C(=O)OCC. The van der Waals surface area contributed by atoms with E-state index in [-0.39, 0.29) is 5.92 Å². The number of carbonyl (C=O) groups is 1. The summed E-state index contributed by atoms with van der Waals surface area (Å²) >= 11 is 0. The quantitative estimate of drug-likeness (QED) is 0.652. The van der Waals surface area contributed by atoms with E-state index in [1.54, 1.807) is 6.92 Å². The largest absolute Gasteiger partial charge is 0.464 e. The Kier molecular flexibility index (Phi) is 7.39. The lowest BCUT2D eigenvalue weighted by molar-refractivity contribution is -0.173. The summed E-state index contributed by atoms with van der Waals surface area (Å²) in [4.78, 5) is 11.9. The van der Waals surface area contributed by atoms with Gasteiger partial charge in [-0.05, 0) is 32.1 Å². The number of hydrogen-bond donors (Lipinski definition) is 1. The van der Waals surface area contributed by atoms with E-state index in [1.807, 2.05) is 13.8 Å². The van der Waals surface area contributed by atoms with E-state index in [0.29, 0.717) is 13.0 Å². The summed E-state index contributed by atoms with van der Waals surface area (Å²) in [5.41, 5.74) is -1.28. The first-order chi connectivity index (χ1) is 7.56.